The van der Waals surface area contributed by atoms with E-state index in [9.17, 15) is 5.11 Å². The maximum atomic E-state index is 10.2. The van der Waals surface area contributed by atoms with Crippen LogP contribution in [-0.4, -0.2) is 51.1 Å². The fraction of sp³-hybridized carbons (Fsp3) is 0.316. The summed E-state index contributed by atoms with van der Waals surface area (Å²) < 4.78 is 7.51. The van der Waals surface area contributed by atoms with Gasteiger partial charge in [0, 0.05) is 41.9 Å². The van der Waals surface area contributed by atoms with Gasteiger partial charge in [0.05, 0.1) is 6.20 Å². The lowest BCUT2D eigenvalue weighted by atomic mass is 10.2. The number of likely N-dealkylation sites (N-methyl/N-ethyl adjacent to an activating group) is 1. The molecule has 0 saturated heterocycles. The standard InChI is InChI=1S/C19H22N4O2/c1-3-9-23-12-15(10-21-23)11-22(2)13-16(24)14-25-19-6-4-5-18-17(19)7-8-20-18/h1,4-8,10,12,16,20,24H,9,11,13-14H2,2H3. The second kappa shape index (κ2) is 7.88. The van der Waals surface area contributed by atoms with Crippen molar-refractivity contribution in [3.05, 3.63) is 48.4 Å². The Morgan fingerprint density at radius 1 is 1.44 bits per heavy atom. The van der Waals surface area contributed by atoms with Crippen molar-refractivity contribution in [2.24, 2.45) is 0 Å². The molecule has 1 unspecified atom stereocenters. The van der Waals surface area contributed by atoms with Crippen molar-refractivity contribution in [3.63, 3.8) is 0 Å². The Kier molecular flexibility index (Phi) is 5.39. The number of nitrogens with zero attached hydrogens (tertiary/aromatic N) is 3. The zero-order valence-electron chi connectivity index (χ0n) is 14.2. The largest absolute Gasteiger partial charge is 0.490 e. The van der Waals surface area contributed by atoms with Gasteiger partial charge in [0.25, 0.3) is 0 Å². The molecule has 0 saturated carbocycles. The Morgan fingerprint density at radius 3 is 3.16 bits per heavy atom. The molecule has 3 aromatic rings. The van der Waals surface area contributed by atoms with Crippen molar-refractivity contribution < 1.29 is 9.84 Å². The maximum Gasteiger partial charge on any atom is 0.128 e. The predicted octanol–water partition coefficient (Wildman–Crippen LogP) is 1.87. The number of ether oxygens (including phenoxy) is 1. The van der Waals surface area contributed by atoms with Gasteiger partial charge in [0.15, 0.2) is 0 Å². The number of terminal acetylenes is 1. The minimum atomic E-state index is -0.583. The van der Waals surface area contributed by atoms with E-state index >= 15 is 0 Å². The van der Waals surface area contributed by atoms with Crippen LogP contribution in [0.3, 0.4) is 0 Å². The monoisotopic (exact) mass is 338 g/mol. The highest BCUT2D eigenvalue weighted by molar-refractivity contribution is 5.85. The fourth-order valence-electron chi connectivity index (χ4n) is 2.83. The van der Waals surface area contributed by atoms with E-state index in [1.54, 1.807) is 10.9 Å². The summed E-state index contributed by atoms with van der Waals surface area (Å²) in [5, 5.41) is 15.5. The van der Waals surface area contributed by atoms with Crippen molar-refractivity contribution in [3.8, 4) is 18.1 Å². The summed E-state index contributed by atoms with van der Waals surface area (Å²) in [4.78, 5) is 5.18. The molecule has 0 amide bonds. The molecule has 0 radical (unpaired) electrons. The third-order valence-corrected chi connectivity index (χ3v) is 3.90. The van der Waals surface area contributed by atoms with E-state index in [2.05, 4.69) is 16.0 Å². The number of hydrogen-bond acceptors (Lipinski definition) is 4. The van der Waals surface area contributed by atoms with Gasteiger partial charge in [-0.1, -0.05) is 12.0 Å². The zero-order chi connectivity index (χ0) is 17.6. The van der Waals surface area contributed by atoms with Crippen molar-refractivity contribution >= 4 is 10.9 Å². The van der Waals surface area contributed by atoms with Gasteiger partial charge in [-0.25, -0.2) is 0 Å². The highest BCUT2D eigenvalue weighted by Crippen LogP contribution is 2.24. The van der Waals surface area contributed by atoms with Crippen molar-refractivity contribution in [2.75, 3.05) is 20.2 Å². The average Bonchev–Trinajstić information content (AvgIpc) is 3.22. The number of aromatic amines is 1. The van der Waals surface area contributed by atoms with Gasteiger partial charge in [-0.15, -0.1) is 6.42 Å². The van der Waals surface area contributed by atoms with Crippen LogP contribution in [0.25, 0.3) is 10.9 Å². The number of aromatic nitrogens is 3. The van der Waals surface area contributed by atoms with E-state index in [0.29, 0.717) is 19.6 Å². The molecule has 0 aliphatic carbocycles. The molecule has 3 rings (SSSR count). The number of hydrogen-bond donors (Lipinski definition) is 2. The molecule has 2 aromatic heterocycles. The van der Waals surface area contributed by atoms with E-state index in [0.717, 1.165) is 22.2 Å². The van der Waals surface area contributed by atoms with Crippen LogP contribution in [-0.2, 0) is 13.1 Å². The summed E-state index contributed by atoms with van der Waals surface area (Å²) >= 11 is 0. The topological polar surface area (TPSA) is 66.3 Å². The van der Waals surface area contributed by atoms with E-state index in [4.69, 9.17) is 11.2 Å². The zero-order valence-corrected chi connectivity index (χ0v) is 14.2. The van der Waals surface area contributed by atoms with Gasteiger partial charge in [0.1, 0.15) is 25.0 Å². The number of rotatable bonds is 8. The molecule has 130 valence electrons. The molecule has 0 aliphatic heterocycles. The third kappa shape index (κ3) is 4.41. The average molecular weight is 338 g/mol. The highest BCUT2D eigenvalue weighted by atomic mass is 16.5. The molecule has 1 aromatic carbocycles. The number of aliphatic hydroxyl groups is 1. The molecule has 0 fully saturated rings. The van der Waals surface area contributed by atoms with Crippen LogP contribution >= 0.6 is 0 Å². The fourth-order valence-corrected chi connectivity index (χ4v) is 2.83. The maximum absolute atomic E-state index is 10.2. The predicted molar refractivity (Wildman–Crippen MR) is 97.2 cm³/mol. The minimum Gasteiger partial charge on any atom is -0.490 e. The van der Waals surface area contributed by atoms with Crippen molar-refractivity contribution in [1.29, 1.82) is 0 Å². The number of benzene rings is 1. The van der Waals surface area contributed by atoms with Crippen LogP contribution in [0, 0.1) is 12.3 Å². The van der Waals surface area contributed by atoms with E-state index in [1.807, 2.05) is 48.6 Å². The Balaban J connectivity index is 1.49. The molecule has 6 heteroatoms. The molecule has 1 atom stereocenters. The molecule has 25 heavy (non-hydrogen) atoms. The Morgan fingerprint density at radius 2 is 2.32 bits per heavy atom. The molecular formula is C19H22N4O2. The number of H-pyrrole nitrogens is 1. The van der Waals surface area contributed by atoms with Crippen LogP contribution in [0.4, 0.5) is 0 Å². The molecule has 0 spiro atoms. The smallest absolute Gasteiger partial charge is 0.128 e. The summed E-state index contributed by atoms with van der Waals surface area (Å²) in [7, 11) is 1.95. The van der Waals surface area contributed by atoms with Gasteiger partial charge in [-0.05, 0) is 25.2 Å². The van der Waals surface area contributed by atoms with Crippen LogP contribution in [0.5, 0.6) is 5.75 Å². The lowest BCUT2D eigenvalue weighted by Gasteiger charge is -2.20. The first-order valence-corrected chi connectivity index (χ1v) is 8.16. The summed E-state index contributed by atoms with van der Waals surface area (Å²) in [6, 6.07) is 7.80. The van der Waals surface area contributed by atoms with Gasteiger partial charge >= 0.3 is 0 Å². The van der Waals surface area contributed by atoms with Crippen LogP contribution in [0.15, 0.2) is 42.9 Å². The summed E-state index contributed by atoms with van der Waals surface area (Å²) in [5.74, 6) is 3.33. The van der Waals surface area contributed by atoms with Gasteiger partial charge in [-0.3, -0.25) is 9.58 Å². The van der Waals surface area contributed by atoms with Crippen LogP contribution < -0.4 is 4.74 Å². The summed E-state index contributed by atoms with van der Waals surface area (Å²) in [6.45, 7) is 1.90. The van der Waals surface area contributed by atoms with Gasteiger partial charge in [0.2, 0.25) is 0 Å². The lowest BCUT2D eigenvalue weighted by molar-refractivity contribution is 0.0750. The number of fused-ring (bicyclic) bond motifs is 1. The summed E-state index contributed by atoms with van der Waals surface area (Å²) in [6.07, 6.45) is 10.3. The Labute approximate surface area is 147 Å². The van der Waals surface area contributed by atoms with E-state index in [-0.39, 0.29) is 6.61 Å². The number of nitrogens with one attached hydrogen (secondary N) is 1. The van der Waals surface area contributed by atoms with E-state index < -0.39 is 6.10 Å². The molecular weight excluding hydrogens is 316 g/mol. The molecule has 0 bridgehead atoms. The highest BCUT2D eigenvalue weighted by Gasteiger charge is 2.12. The third-order valence-electron chi connectivity index (χ3n) is 3.90. The normalized spacial score (nSPS) is 12.4. The second-order valence-electron chi connectivity index (χ2n) is 6.11. The van der Waals surface area contributed by atoms with Gasteiger partial charge in [-0.2, -0.15) is 5.10 Å². The lowest BCUT2D eigenvalue weighted by Crippen LogP contribution is -2.32. The van der Waals surface area contributed by atoms with E-state index in [1.165, 1.54) is 0 Å². The van der Waals surface area contributed by atoms with Crippen molar-refractivity contribution in [2.45, 2.75) is 19.2 Å². The first kappa shape index (κ1) is 17.1. The molecule has 0 aliphatic rings. The minimum absolute atomic E-state index is 0.241. The first-order chi connectivity index (χ1) is 12.2. The van der Waals surface area contributed by atoms with Gasteiger partial charge < -0.3 is 14.8 Å². The Bertz CT molecular complexity index is 862. The van der Waals surface area contributed by atoms with Crippen LogP contribution in [0.1, 0.15) is 5.56 Å². The molecule has 6 nitrogen and oxygen atoms in total. The van der Waals surface area contributed by atoms with Crippen molar-refractivity contribution in [1.82, 2.24) is 19.7 Å². The molecule has 2 heterocycles. The SMILES string of the molecule is C#CCn1cc(CN(C)CC(O)COc2cccc3[nH]ccc23)cn1. The molecule has 2 N–H and O–H groups in total. The quantitative estimate of drug-likeness (QED) is 0.616. The summed E-state index contributed by atoms with van der Waals surface area (Å²) in [5.41, 5.74) is 2.08. The number of aliphatic hydroxyl groups excluding tert-OH is 1. The Hall–Kier alpha value is -2.75. The van der Waals surface area contributed by atoms with Crippen LogP contribution in [0.2, 0.25) is 0 Å². The first-order valence-electron chi connectivity index (χ1n) is 8.16. The second-order valence-corrected chi connectivity index (χ2v) is 6.11.